The molecular formula is C14H19Cl3FNO. The van der Waals surface area contributed by atoms with Gasteiger partial charge in [-0.2, -0.15) is 0 Å². The van der Waals surface area contributed by atoms with Crippen LogP contribution >= 0.6 is 35.6 Å². The monoisotopic (exact) mass is 341 g/mol. The Balaban J connectivity index is 0.00000200. The average Bonchev–Trinajstić information content (AvgIpc) is 2.43. The summed E-state index contributed by atoms with van der Waals surface area (Å²) in [6.07, 6.45) is 4.42. The third kappa shape index (κ3) is 3.77. The van der Waals surface area contributed by atoms with Crippen molar-refractivity contribution in [2.75, 3.05) is 0 Å². The van der Waals surface area contributed by atoms with Crippen molar-refractivity contribution >= 4 is 35.6 Å². The molecule has 0 aliphatic heterocycles. The van der Waals surface area contributed by atoms with Crippen LogP contribution in [0.1, 0.15) is 43.7 Å². The van der Waals surface area contributed by atoms with Gasteiger partial charge in [0.1, 0.15) is 5.82 Å². The van der Waals surface area contributed by atoms with Gasteiger partial charge >= 0.3 is 0 Å². The minimum Gasteiger partial charge on any atom is -0.391 e. The van der Waals surface area contributed by atoms with E-state index in [9.17, 15) is 9.50 Å². The number of nitrogens with two attached hydrogens (primary N) is 1. The quantitative estimate of drug-likeness (QED) is 0.795. The second-order valence-corrected chi connectivity index (χ2v) is 5.96. The highest BCUT2D eigenvalue weighted by Gasteiger charge is 2.30. The predicted molar refractivity (Wildman–Crippen MR) is 83.2 cm³/mol. The van der Waals surface area contributed by atoms with Crippen LogP contribution in [-0.2, 0) is 0 Å². The van der Waals surface area contributed by atoms with E-state index < -0.39 is 18.0 Å². The molecular weight excluding hydrogens is 324 g/mol. The van der Waals surface area contributed by atoms with Gasteiger partial charge in [0.25, 0.3) is 0 Å². The Morgan fingerprint density at radius 2 is 1.80 bits per heavy atom. The molecule has 1 fully saturated rings. The number of hydrogen-bond acceptors (Lipinski definition) is 2. The molecule has 3 N–H and O–H groups in total. The van der Waals surface area contributed by atoms with Crippen LogP contribution < -0.4 is 5.73 Å². The highest BCUT2D eigenvalue weighted by Crippen LogP contribution is 2.37. The predicted octanol–water partition coefficient (Wildman–Crippen LogP) is 4.50. The van der Waals surface area contributed by atoms with E-state index in [4.69, 9.17) is 28.9 Å². The van der Waals surface area contributed by atoms with Gasteiger partial charge in [-0.25, -0.2) is 4.39 Å². The summed E-state index contributed by atoms with van der Waals surface area (Å²) in [5, 5.41) is 10.7. The Morgan fingerprint density at radius 1 is 1.20 bits per heavy atom. The van der Waals surface area contributed by atoms with Gasteiger partial charge in [0.15, 0.2) is 0 Å². The van der Waals surface area contributed by atoms with Gasteiger partial charge in [0.05, 0.1) is 22.2 Å². The molecule has 0 spiro atoms. The molecule has 0 bridgehead atoms. The third-order valence-electron chi connectivity index (χ3n) is 3.91. The Morgan fingerprint density at radius 3 is 2.40 bits per heavy atom. The molecule has 20 heavy (non-hydrogen) atoms. The maximum absolute atomic E-state index is 13.9. The lowest BCUT2D eigenvalue weighted by Gasteiger charge is -2.31. The lowest BCUT2D eigenvalue weighted by Crippen LogP contribution is -2.35. The van der Waals surface area contributed by atoms with Crippen molar-refractivity contribution in [2.24, 2.45) is 11.7 Å². The summed E-state index contributed by atoms with van der Waals surface area (Å²) in [5.41, 5.74) is 6.12. The van der Waals surface area contributed by atoms with Gasteiger partial charge in [0.2, 0.25) is 0 Å². The molecule has 0 saturated heterocycles. The fraction of sp³-hybridized carbons (Fsp3) is 0.571. The van der Waals surface area contributed by atoms with Crippen LogP contribution in [0.3, 0.4) is 0 Å². The maximum atomic E-state index is 13.9. The molecule has 1 aromatic carbocycles. The lowest BCUT2D eigenvalue weighted by atomic mass is 9.81. The molecule has 2 nitrogen and oxygen atoms in total. The van der Waals surface area contributed by atoms with E-state index in [1.54, 1.807) is 0 Å². The second-order valence-electron chi connectivity index (χ2n) is 5.17. The van der Waals surface area contributed by atoms with Gasteiger partial charge < -0.3 is 10.8 Å². The molecule has 1 saturated carbocycles. The fourth-order valence-electron chi connectivity index (χ4n) is 2.79. The molecule has 0 aromatic heterocycles. The van der Waals surface area contributed by atoms with Gasteiger partial charge in [-0.15, -0.1) is 12.4 Å². The van der Waals surface area contributed by atoms with Crippen LogP contribution in [0.5, 0.6) is 0 Å². The van der Waals surface area contributed by atoms with Gasteiger partial charge in [-0.05, 0) is 30.9 Å². The van der Waals surface area contributed by atoms with Crippen LogP contribution in [0.15, 0.2) is 12.1 Å². The summed E-state index contributed by atoms with van der Waals surface area (Å²) in [6.45, 7) is 0. The minimum atomic E-state index is -0.839. The zero-order chi connectivity index (χ0) is 14.0. The molecule has 2 rings (SSSR count). The first-order valence-corrected chi connectivity index (χ1v) is 7.35. The first kappa shape index (κ1) is 18.0. The van der Waals surface area contributed by atoms with Crippen molar-refractivity contribution in [1.29, 1.82) is 0 Å². The number of rotatable bonds is 3. The zero-order valence-electron chi connectivity index (χ0n) is 11.0. The van der Waals surface area contributed by atoms with E-state index in [1.807, 2.05) is 0 Å². The lowest BCUT2D eigenvalue weighted by molar-refractivity contribution is 0.0608. The summed E-state index contributed by atoms with van der Waals surface area (Å²) >= 11 is 11.9. The molecule has 0 unspecified atom stereocenters. The van der Waals surface area contributed by atoms with Crippen LogP contribution in [0.4, 0.5) is 4.39 Å². The number of aliphatic hydroxyl groups is 1. The molecule has 1 aliphatic rings. The number of halogens is 4. The first-order valence-electron chi connectivity index (χ1n) is 6.59. The Hall–Kier alpha value is -0.0600. The molecule has 2 atom stereocenters. The average molecular weight is 343 g/mol. The molecule has 1 aromatic rings. The first-order chi connectivity index (χ1) is 9.02. The maximum Gasteiger partial charge on any atom is 0.129 e. The highest BCUT2D eigenvalue weighted by molar-refractivity contribution is 6.42. The van der Waals surface area contributed by atoms with E-state index >= 15 is 0 Å². The van der Waals surface area contributed by atoms with E-state index in [1.165, 1.54) is 18.6 Å². The second kappa shape index (κ2) is 7.81. The standard InChI is InChI=1S/C14H18Cl2FNO.ClH/c15-9-6-7-10(17)11(12(9)16)13(18)14(19)8-4-2-1-3-5-8;/h6-8,13-14,19H,1-5,18H2;1H/t13-,14+;/m1./s1. The largest absolute Gasteiger partial charge is 0.391 e. The molecule has 1 aliphatic carbocycles. The third-order valence-corrected chi connectivity index (χ3v) is 4.73. The van der Waals surface area contributed by atoms with Gasteiger partial charge in [-0.3, -0.25) is 0 Å². The summed E-state index contributed by atoms with van der Waals surface area (Å²) in [5.74, 6) is -0.407. The molecule has 0 heterocycles. The van der Waals surface area contributed by atoms with Crippen LogP contribution in [0, 0.1) is 11.7 Å². The highest BCUT2D eigenvalue weighted by atomic mass is 35.5. The zero-order valence-corrected chi connectivity index (χ0v) is 13.3. The number of aliphatic hydroxyl groups excluding tert-OH is 1. The van der Waals surface area contributed by atoms with Crippen molar-refractivity contribution in [3.63, 3.8) is 0 Å². The van der Waals surface area contributed by atoms with Crippen molar-refractivity contribution in [3.8, 4) is 0 Å². The fourth-order valence-corrected chi connectivity index (χ4v) is 3.23. The van der Waals surface area contributed by atoms with E-state index in [0.29, 0.717) is 0 Å². The number of hydrogen-bond donors (Lipinski definition) is 2. The summed E-state index contributed by atoms with van der Waals surface area (Å²) < 4.78 is 13.9. The van der Waals surface area contributed by atoms with Crippen molar-refractivity contribution < 1.29 is 9.50 Å². The van der Waals surface area contributed by atoms with Crippen LogP contribution in [0.2, 0.25) is 10.0 Å². The topological polar surface area (TPSA) is 46.2 Å². The summed E-state index contributed by atoms with van der Waals surface area (Å²) in [6, 6.07) is 1.79. The number of benzene rings is 1. The Labute approximate surface area is 134 Å². The van der Waals surface area contributed by atoms with Gasteiger partial charge in [0, 0.05) is 5.56 Å². The normalized spacial score (nSPS) is 19.2. The van der Waals surface area contributed by atoms with E-state index in [-0.39, 0.29) is 33.9 Å². The smallest absolute Gasteiger partial charge is 0.129 e. The molecule has 6 heteroatoms. The Bertz CT molecular complexity index is 452. The molecule has 0 amide bonds. The molecule has 0 radical (unpaired) electrons. The van der Waals surface area contributed by atoms with Gasteiger partial charge in [-0.1, -0.05) is 42.5 Å². The van der Waals surface area contributed by atoms with E-state index in [0.717, 1.165) is 25.7 Å². The Kier molecular flexibility index (Phi) is 7.02. The molecule has 114 valence electrons. The van der Waals surface area contributed by atoms with E-state index in [2.05, 4.69) is 0 Å². The van der Waals surface area contributed by atoms with Crippen LogP contribution in [-0.4, -0.2) is 11.2 Å². The minimum absolute atomic E-state index is 0. The van der Waals surface area contributed by atoms with Crippen LogP contribution in [0.25, 0.3) is 0 Å². The summed E-state index contributed by atoms with van der Waals surface area (Å²) in [7, 11) is 0. The van der Waals surface area contributed by atoms with Crippen molar-refractivity contribution in [2.45, 2.75) is 44.2 Å². The van der Waals surface area contributed by atoms with Crippen molar-refractivity contribution in [1.82, 2.24) is 0 Å². The van der Waals surface area contributed by atoms with Crippen molar-refractivity contribution in [3.05, 3.63) is 33.6 Å². The summed E-state index contributed by atoms with van der Waals surface area (Å²) in [4.78, 5) is 0. The SMILES string of the molecule is Cl.N[C@H](c1c(F)ccc(Cl)c1Cl)[C@@H](O)C1CCCCC1.